The van der Waals surface area contributed by atoms with Crippen molar-refractivity contribution in [1.82, 2.24) is 0 Å². The topological polar surface area (TPSA) is 181 Å². The monoisotopic (exact) mass is 598 g/mol. The number of Topliss-reactive ketones (excluding diaryl/α,β-unsaturated/α-hetero) is 1. The van der Waals surface area contributed by atoms with E-state index in [2.05, 4.69) is 0 Å². The van der Waals surface area contributed by atoms with Crippen LogP contribution in [0, 0.1) is 38.0 Å². The first-order valence-electron chi connectivity index (χ1n) is 13.8. The Kier molecular flexibility index (Phi) is 6.56. The maximum atomic E-state index is 14.1. The van der Waals surface area contributed by atoms with Gasteiger partial charge in [0.2, 0.25) is 11.8 Å². The molecule has 0 saturated carbocycles. The molecule has 1 aliphatic heterocycles. The number of hydrogen-bond donors (Lipinski definition) is 1. The molecule has 13 nitrogen and oxygen atoms in total. The largest absolute Gasteiger partial charge is 0.508 e. The molecule has 13 heteroatoms. The van der Waals surface area contributed by atoms with Gasteiger partial charge in [-0.1, -0.05) is 23.8 Å². The minimum Gasteiger partial charge on any atom is -0.508 e. The third-order valence-electron chi connectivity index (χ3n) is 8.92. The summed E-state index contributed by atoms with van der Waals surface area (Å²) in [6.07, 6.45) is 3.17. The Labute approximate surface area is 250 Å². The summed E-state index contributed by atoms with van der Waals surface area (Å²) in [4.78, 5) is 79.0. The number of allylic oxidation sites excluding steroid dienone is 6. The van der Waals surface area contributed by atoms with Crippen molar-refractivity contribution in [3.63, 3.8) is 0 Å². The van der Waals surface area contributed by atoms with Gasteiger partial charge in [0, 0.05) is 48.9 Å². The number of ketones is 2. The van der Waals surface area contributed by atoms with Crippen molar-refractivity contribution in [2.24, 2.45) is 17.8 Å². The second-order valence-electron chi connectivity index (χ2n) is 11.6. The van der Waals surface area contributed by atoms with Gasteiger partial charge in [-0.2, -0.15) is 0 Å². The lowest BCUT2D eigenvalue weighted by Gasteiger charge is -2.42. The Hall–Kier alpha value is -5.46. The Morgan fingerprint density at radius 1 is 0.955 bits per heavy atom. The van der Waals surface area contributed by atoms with E-state index in [0.29, 0.717) is 11.1 Å². The van der Waals surface area contributed by atoms with Crippen LogP contribution in [0.5, 0.6) is 5.75 Å². The molecule has 3 aliphatic carbocycles. The van der Waals surface area contributed by atoms with Gasteiger partial charge in [0.15, 0.2) is 17.3 Å². The molecule has 44 heavy (non-hydrogen) atoms. The number of nitrogens with zero attached hydrogens (tertiary/aromatic N) is 4. The number of hydrogen-bond acceptors (Lipinski definition) is 10. The lowest BCUT2D eigenvalue weighted by Crippen LogP contribution is -2.39. The van der Waals surface area contributed by atoms with Crippen molar-refractivity contribution in [2.75, 3.05) is 23.9 Å². The fourth-order valence-corrected chi connectivity index (χ4v) is 7.15. The summed E-state index contributed by atoms with van der Waals surface area (Å²) in [5.41, 5.74) is 0.136. The minimum absolute atomic E-state index is 0.0126. The maximum absolute atomic E-state index is 14.1. The smallest absolute Gasteiger partial charge is 0.301 e. The van der Waals surface area contributed by atoms with E-state index < -0.39 is 56.7 Å². The summed E-state index contributed by atoms with van der Waals surface area (Å²) in [6, 6.07) is 8.26. The molecule has 1 heterocycles. The van der Waals surface area contributed by atoms with Gasteiger partial charge in [0.1, 0.15) is 5.75 Å². The van der Waals surface area contributed by atoms with E-state index >= 15 is 0 Å². The van der Waals surface area contributed by atoms with Crippen molar-refractivity contribution >= 4 is 46.1 Å². The van der Waals surface area contributed by atoms with Gasteiger partial charge in [-0.15, -0.1) is 0 Å². The van der Waals surface area contributed by atoms with Gasteiger partial charge in [0.05, 0.1) is 27.4 Å². The number of phenolic OH excluding ortho intramolecular Hbond substituents is 1. The number of amides is 2. The number of carbonyl (C=O) groups excluding carboxylic acids is 4. The van der Waals surface area contributed by atoms with E-state index in [9.17, 15) is 44.5 Å². The third kappa shape index (κ3) is 4.14. The lowest BCUT2D eigenvalue weighted by molar-refractivity contribution is -0.392. The van der Waals surface area contributed by atoms with Crippen LogP contribution in [0.2, 0.25) is 0 Å². The number of fused-ring (bicyclic) bond motifs is 3. The summed E-state index contributed by atoms with van der Waals surface area (Å²) in [5, 5.41) is 34.2. The number of benzene rings is 2. The number of aromatic hydroxyl groups is 1. The van der Waals surface area contributed by atoms with E-state index in [0.717, 1.165) is 17.0 Å². The maximum Gasteiger partial charge on any atom is 0.301 e. The fraction of sp³-hybridized carbons (Fsp3) is 0.290. The van der Waals surface area contributed by atoms with E-state index in [-0.39, 0.29) is 58.3 Å². The predicted molar refractivity (Wildman–Crippen MR) is 156 cm³/mol. The number of anilines is 2. The number of nitro benzene ring substituents is 2. The van der Waals surface area contributed by atoms with Crippen LogP contribution in [-0.2, 0) is 19.2 Å². The molecule has 0 aromatic heterocycles. The molecule has 2 amide bonds. The van der Waals surface area contributed by atoms with Crippen molar-refractivity contribution in [3.8, 4) is 5.75 Å². The molecule has 6 rings (SSSR count). The molecule has 1 fully saturated rings. The van der Waals surface area contributed by atoms with Crippen LogP contribution in [0.15, 0.2) is 70.8 Å². The number of imide groups is 1. The highest BCUT2D eigenvalue weighted by molar-refractivity contribution is 6.25. The van der Waals surface area contributed by atoms with Crippen LogP contribution in [0.25, 0.3) is 0 Å². The van der Waals surface area contributed by atoms with Crippen molar-refractivity contribution in [1.29, 1.82) is 0 Å². The van der Waals surface area contributed by atoms with Gasteiger partial charge in [-0.05, 0) is 49.5 Å². The molecular formula is C31H26N4O9. The lowest BCUT2D eigenvalue weighted by atomic mass is 9.59. The molecule has 1 N–H and O–H groups in total. The molecule has 4 aliphatic rings. The SMILES string of the molecule is CC1=CC(=O)C2=C(C1=O)[C@@H](c1cccc(O)c1)C1=CC[C@@H]3C(=O)N(c4cc([N+](=O)[O-])c(N(C)C)c([N+](=O)[O-])c4)C(=O)[C@@H]3[C@@H]1C2. The van der Waals surface area contributed by atoms with Gasteiger partial charge >= 0.3 is 11.4 Å². The van der Waals surface area contributed by atoms with E-state index in [1.165, 1.54) is 37.2 Å². The van der Waals surface area contributed by atoms with E-state index in [1.807, 2.05) is 0 Å². The van der Waals surface area contributed by atoms with Crippen LogP contribution in [0.1, 0.15) is 31.2 Å². The molecule has 2 aromatic carbocycles. The first-order valence-corrected chi connectivity index (χ1v) is 13.8. The summed E-state index contributed by atoms with van der Waals surface area (Å²) >= 11 is 0. The molecule has 2 aromatic rings. The molecule has 0 spiro atoms. The van der Waals surface area contributed by atoms with Gasteiger partial charge in [-0.25, -0.2) is 4.90 Å². The Balaban J connectivity index is 1.48. The summed E-state index contributed by atoms with van der Waals surface area (Å²) in [5.74, 6) is -5.41. The molecule has 1 saturated heterocycles. The Morgan fingerprint density at radius 3 is 2.20 bits per heavy atom. The quantitative estimate of drug-likeness (QED) is 0.174. The number of nitro groups is 2. The number of carbonyl (C=O) groups is 4. The predicted octanol–water partition coefficient (Wildman–Crippen LogP) is 3.91. The average Bonchev–Trinajstić information content (AvgIpc) is 3.23. The molecular weight excluding hydrogens is 572 g/mol. The minimum atomic E-state index is -0.988. The highest BCUT2D eigenvalue weighted by Crippen LogP contribution is 2.56. The standard InChI is InChI=1S/C31H26N4O9/c1-14-9-24(37)21-13-20-18(25(27(21)29(14)38)15-5-4-6-17(36)10-15)7-8-19-26(20)31(40)33(30(19)39)16-11-22(34(41)42)28(32(2)3)23(12-16)35(43)44/h4-7,9-12,19-20,25-26,36H,8,13H2,1-3H3/t19-,20+,25-,26-/m0/s1. The summed E-state index contributed by atoms with van der Waals surface area (Å²) in [6.45, 7) is 1.55. The second kappa shape index (κ2) is 10.1. The molecule has 224 valence electrons. The first kappa shape index (κ1) is 28.6. The highest BCUT2D eigenvalue weighted by Gasteiger charge is 2.57. The van der Waals surface area contributed by atoms with Crippen LogP contribution in [-0.4, -0.2) is 52.4 Å². The Bertz CT molecular complexity index is 1800. The molecule has 0 unspecified atom stereocenters. The van der Waals surface area contributed by atoms with Crippen LogP contribution < -0.4 is 9.80 Å². The summed E-state index contributed by atoms with van der Waals surface area (Å²) in [7, 11) is 2.82. The van der Waals surface area contributed by atoms with E-state index in [4.69, 9.17) is 0 Å². The molecule has 4 atom stereocenters. The van der Waals surface area contributed by atoms with Gasteiger partial charge < -0.3 is 10.0 Å². The van der Waals surface area contributed by atoms with E-state index in [1.54, 1.807) is 25.1 Å². The third-order valence-corrected chi connectivity index (χ3v) is 8.92. The second-order valence-corrected chi connectivity index (χ2v) is 11.6. The molecule has 0 bridgehead atoms. The zero-order chi connectivity index (χ0) is 31.8. The highest BCUT2D eigenvalue weighted by atomic mass is 16.6. The van der Waals surface area contributed by atoms with Crippen LogP contribution >= 0.6 is 0 Å². The summed E-state index contributed by atoms with van der Waals surface area (Å²) < 4.78 is 0. The van der Waals surface area contributed by atoms with Gasteiger partial charge in [0.25, 0.3) is 0 Å². The number of rotatable bonds is 5. The van der Waals surface area contributed by atoms with Gasteiger partial charge in [-0.3, -0.25) is 39.4 Å². The van der Waals surface area contributed by atoms with Crippen LogP contribution in [0.3, 0.4) is 0 Å². The van der Waals surface area contributed by atoms with Crippen molar-refractivity contribution in [2.45, 2.75) is 25.7 Å². The van der Waals surface area contributed by atoms with Crippen molar-refractivity contribution < 1.29 is 34.1 Å². The normalized spacial score (nSPS) is 24.4. The van der Waals surface area contributed by atoms with Crippen molar-refractivity contribution in [3.05, 3.63) is 96.6 Å². The first-order chi connectivity index (χ1) is 20.8. The number of phenols is 1. The Morgan fingerprint density at radius 2 is 1.61 bits per heavy atom. The zero-order valence-corrected chi connectivity index (χ0v) is 23.8. The van der Waals surface area contributed by atoms with Crippen LogP contribution in [0.4, 0.5) is 22.7 Å². The zero-order valence-electron chi connectivity index (χ0n) is 23.8. The average molecular weight is 599 g/mol. The fourth-order valence-electron chi connectivity index (χ4n) is 7.15. The molecule has 0 radical (unpaired) electrons.